The molecule has 1 aromatic heterocycles. The second-order valence-corrected chi connectivity index (χ2v) is 6.30. The summed E-state index contributed by atoms with van der Waals surface area (Å²) in [7, 11) is 0. The van der Waals surface area contributed by atoms with Crippen molar-refractivity contribution in [3.63, 3.8) is 0 Å². The number of halogens is 1. The molecule has 1 aliphatic carbocycles. The summed E-state index contributed by atoms with van der Waals surface area (Å²) in [6, 6.07) is 6.59. The van der Waals surface area contributed by atoms with Gasteiger partial charge in [0.1, 0.15) is 11.6 Å². The largest absolute Gasteiger partial charge is 0.492 e. The van der Waals surface area contributed by atoms with E-state index in [1.54, 1.807) is 12.1 Å². The molecule has 4 nitrogen and oxygen atoms in total. The Morgan fingerprint density at radius 1 is 1.33 bits per heavy atom. The highest BCUT2D eigenvalue weighted by Crippen LogP contribution is 2.38. The zero-order valence-electron chi connectivity index (χ0n) is 14.0. The van der Waals surface area contributed by atoms with Gasteiger partial charge in [0.15, 0.2) is 6.29 Å². The number of carbonyl (C=O) groups excluding carboxylic acids is 1. The molecule has 2 atom stereocenters. The van der Waals surface area contributed by atoms with Crippen molar-refractivity contribution in [1.82, 2.24) is 9.78 Å². The van der Waals surface area contributed by atoms with Crippen LogP contribution in [0.1, 0.15) is 54.6 Å². The Kier molecular flexibility index (Phi) is 5.28. The first-order valence-corrected chi connectivity index (χ1v) is 8.62. The molecule has 1 heterocycles. The molecule has 2 aromatic rings. The Hall–Kier alpha value is -2.17. The van der Waals surface area contributed by atoms with Crippen molar-refractivity contribution in [2.24, 2.45) is 5.92 Å². The van der Waals surface area contributed by atoms with E-state index in [-0.39, 0.29) is 5.56 Å². The zero-order valence-corrected chi connectivity index (χ0v) is 14.0. The van der Waals surface area contributed by atoms with Crippen LogP contribution in [-0.4, -0.2) is 22.7 Å². The topological polar surface area (TPSA) is 44.1 Å². The highest BCUT2D eigenvalue weighted by atomic mass is 19.1. The van der Waals surface area contributed by atoms with Crippen LogP contribution in [0.3, 0.4) is 0 Å². The van der Waals surface area contributed by atoms with E-state index in [2.05, 4.69) is 18.1 Å². The fourth-order valence-corrected chi connectivity index (χ4v) is 3.67. The van der Waals surface area contributed by atoms with Gasteiger partial charge in [-0.1, -0.05) is 18.9 Å². The molecule has 1 saturated carbocycles. The van der Waals surface area contributed by atoms with Gasteiger partial charge in [-0.3, -0.25) is 9.48 Å². The van der Waals surface area contributed by atoms with E-state index in [0.29, 0.717) is 30.5 Å². The van der Waals surface area contributed by atoms with Gasteiger partial charge in [-0.2, -0.15) is 5.10 Å². The summed E-state index contributed by atoms with van der Waals surface area (Å²) in [6.07, 6.45) is 6.94. The molecule has 0 amide bonds. The molecule has 5 heteroatoms. The standard InChI is InChI=1S/C19H23FN2O2/c1-2-22-18(10-11-21-22)15-7-4-3-6-14(15)13-24-19-9-5-8-17(20)16(19)12-23/h5,8-12,14-15H,2-4,6-7,13H2,1H3. The van der Waals surface area contributed by atoms with E-state index in [9.17, 15) is 9.18 Å². The highest BCUT2D eigenvalue weighted by molar-refractivity contribution is 5.79. The Bertz CT molecular complexity index is 698. The van der Waals surface area contributed by atoms with Crippen LogP contribution in [-0.2, 0) is 6.54 Å². The van der Waals surface area contributed by atoms with Crippen molar-refractivity contribution in [1.29, 1.82) is 0 Å². The first-order valence-electron chi connectivity index (χ1n) is 8.62. The molecule has 3 rings (SSSR count). The number of carbonyl (C=O) groups is 1. The Morgan fingerprint density at radius 2 is 2.17 bits per heavy atom. The molecule has 0 bridgehead atoms. The summed E-state index contributed by atoms with van der Waals surface area (Å²) >= 11 is 0. The molecular formula is C19H23FN2O2. The molecule has 1 fully saturated rings. The number of benzene rings is 1. The lowest BCUT2D eigenvalue weighted by Gasteiger charge is -2.32. The minimum Gasteiger partial charge on any atom is -0.492 e. The maximum atomic E-state index is 13.7. The second-order valence-electron chi connectivity index (χ2n) is 6.30. The maximum Gasteiger partial charge on any atom is 0.156 e. The monoisotopic (exact) mass is 330 g/mol. The van der Waals surface area contributed by atoms with Gasteiger partial charge in [-0.15, -0.1) is 0 Å². The highest BCUT2D eigenvalue weighted by Gasteiger charge is 2.29. The molecule has 24 heavy (non-hydrogen) atoms. The van der Waals surface area contributed by atoms with Crippen LogP contribution in [0, 0.1) is 11.7 Å². The fraction of sp³-hybridized carbons (Fsp3) is 0.474. The maximum absolute atomic E-state index is 13.7. The van der Waals surface area contributed by atoms with Gasteiger partial charge < -0.3 is 4.74 Å². The molecular weight excluding hydrogens is 307 g/mol. The van der Waals surface area contributed by atoms with Gasteiger partial charge in [0.25, 0.3) is 0 Å². The van der Waals surface area contributed by atoms with Crippen molar-refractivity contribution in [2.75, 3.05) is 6.61 Å². The van der Waals surface area contributed by atoms with Crippen LogP contribution in [0.15, 0.2) is 30.5 Å². The molecule has 0 aliphatic heterocycles. The summed E-state index contributed by atoms with van der Waals surface area (Å²) < 4.78 is 21.6. The lowest BCUT2D eigenvalue weighted by atomic mass is 9.78. The predicted molar refractivity (Wildman–Crippen MR) is 89.9 cm³/mol. The third-order valence-corrected chi connectivity index (χ3v) is 4.92. The number of aldehydes is 1. The lowest BCUT2D eigenvalue weighted by molar-refractivity contribution is 0.111. The molecule has 0 N–H and O–H groups in total. The summed E-state index contributed by atoms with van der Waals surface area (Å²) in [6.45, 7) is 3.43. The summed E-state index contributed by atoms with van der Waals surface area (Å²) in [5, 5.41) is 4.38. The quantitative estimate of drug-likeness (QED) is 0.745. The van der Waals surface area contributed by atoms with Gasteiger partial charge in [0.05, 0.1) is 12.2 Å². The number of nitrogens with zero attached hydrogens (tertiary/aromatic N) is 2. The van der Waals surface area contributed by atoms with Gasteiger partial charge >= 0.3 is 0 Å². The Balaban J connectivity index is 1.75. The van der Waals surface area contributed by atoms with Crippen molar-refractivity contribution in [3.05, 3.63) is 47.5 Å². The number of aromatic nitrogens is 2. The van der Waals surface area contributed by atoms with E-state index in [1.165, 1.54) is 24.6 Å². The van der Waals surface area contributed by atoms with E-state index in [1.807, 2.05) is 10.9 Å². The first kappa shape index (κ1) is 16.7. The predicted octanol–water partition coefficient (Wildman–Crippen LogP) is 4.21. The average molecular weight is 330 g/mol. The number of ether oxygens (including phenoxy) is 1. The summed E-state index contributed by atoms with van der Waals surface area (Å²) in [5.74, 6) is 0.544. The molecule has 0 spiro atoms. The molecule has 0 saturated heterocycles. The van der Waals surface area contributed by atoms with Crippen LogP contribution in [0.25, 0.3) is 0 Å². The van der Waals surface area contributed by atoms with E-state index in [0.717, 1.165) is 19.4 Å². The molecule has 2 unspecified atom stereocenters. The normalized spacial score (nSPS) is 20.8. The summed E-state index contributed by atoms with van der Waals surface area (Å²) in [5.41, 5.74) is 1.25. The van der Waals surface area contributed by atoms with Crippen LogP contribution in [0.2, 0.25) is 0 Å². The second kappa shape index (κ2) is 7.60. The van der Waals surface area contributed by atoms with Gasteiger partial charge in [0, 0.05) is 30.3 Å². The van der Waals surface area contributed by atoms with Crippen molar-refractivity contribution < 1.29 is 13.9 Å². The molecule has 128 valence electrons. The Morgan fingerprint density at radius 3 is 2.96 bits per heavy atom. The smallest absolute Gasteiger partial charge is 0.156 e. The van der Waals surface area contributed by atoms with E-state index >= 15 is 0 Å². The Labute approximate surface area is 141 Å². The van der Waals surface area contributed by atoms with Crippen molar-refractivity contribution >= 4 is 6.29 Å². The zero-order chi connectivity index (χ0) is 16.9. The number of hydrogen-bond donors (Lipinski definition) is 0. The van der Waals surface area contributed by atoms with Crippen LogP contribution in [0.4, 0.5) is 4.39 Å². The van der Waals surface area contributed by atoms with Crippen LogP contribution < -0.4 is 4.74 Å². The van der Waals surface area contributed by atoms with E-state index < -0.39 is 5.82 Å². The molecule has 0 radical (unpaired) electrons. The summed E-state index contributed by atoms with van der Waals surface area (Å²) in [4.78, 5) is 11.1. The third-order valence-electron chi connectivity index (χ3n) is 4.92. The minimum atomic E-state index is -0.535. The third kappa shape index (κ3) is 3.35. The lowest BCUT2D eigenvalue weighted by Crippen LogP contribution is -2.26. The van der Waals surface area contributed by atoms with Crippen molar-refractivity contribution in [2.45, 2.75) is 45.1 Å². The van der Waals surface area contributed by atoms with Crippen LogP contribution >= 0.6 is 0 Å². The molecule has 1 aromatic carbocycles. The number of rotatable bonds is 6. The number of hydrogen-bond acceptors (Lipinski definition) is 3. The average Bonchev–Trinajstić information content (AvgIpc) is 3.08. The van der Waals surface area contributed by atoms with Gasteiger partial charge in [-0.25, -0.2) is 4.39 Å². The SMILES string of the molecule is CCn1nccc1C1CCCCC1COc1cccc(F)c1C=O. The molecule has 1 aliphatic rings. The first-order chi connectivity index (χ1) is 11.7. The number of aryl methyl sites for hydroxylation is 1. The fourth-order valence-electron chi connectivity index (χ4n) is 3.67. The van der Waals surface area contributed by atoms with Crippen molar-refractivity contribution in [3.8, 4) is 5.75 Å². The van der Waals surface area contributed by atoms with Gasteiger partial charge in [-0.05, 0) is 38.0 Å². The van der Waals surface area contributed by atoms with Gasteiger partial charge in [0.2, 0.25) is 0 Å². The van der Waals surface area contributed by atoms with E-state index in [4.69, 9.17) is 4.74 Å². The van der Waals surface area contributed by atoms with Crippen LogP contribution in [0.5, 0.6) is 5.75 Å². The minimum absolute atomic E-state index is 0.00320.